The summed E-state index contributed by atoms with van der Waals surface area (Å²) in [6.07, 6.45) is 1.05. The minimum absolute atomic E-state index is 0.0397. The molecule has 0 N–H and O–H groups in total. The molecule has 0 amide bonds. The van der Waals surface area contributed by atoms with Crippen LogP contribution in [0.4, 0.5) is 11.4 Å². The SMILES string of the molecule is CCOc1ccc(CN2CCN(c3ccc(S(C)(=O)=O)cc3[N+](=O)[O-])CC2)cc1. The van der Waals surface area contributed by atoms with E-state index < -0.39 is 14.8 Å². The number of piperazine rings is 1. The van der Waals surface area contributed by atoms with E-state index in [1.54, 1.807) is 0 Å². The Kier molecular flexibility index (Phi) is 6.39. The molecule has 0 atom stereocenters. The Morgan fingerprint density at radius 1 is 1.07 bits per heavy atom. The zero-order valence-electron chi connectivity index (χ0n) is 16.6. The van der Waals surface area contributed by atoms with Gasteiger partial charge in [-0.2, -0.15) is 0 Å². The summed E-state index contributed by atoms with van der Waals surface area (Å²) in [5.41, 5.74) is 1.47. The first-order valence-electron chi connectivity index (χ1n) is 9.45. The number of sulfone groups is 1. The van der Waals surface area contributed by atoms with Crippen molar-refractivity contribution in [1.82, 2.24) is 4.90 Å². The van der Waals surface area contributed by atoms with Gasteiger partial charge in [-0.25, -0.2) is 8.42 Å². The van der Waals surface area contributed by atoms with E-state index in [1.165, 1.54) is 17.7 Å². The highest BCUT2D eigenvalue weighted by atomic mass is 32.2. The van der Waals surface area contributed by atoms with E-state index in [0.29, 0.717) is 25.4 Å². The van der Waals surface area contributed by atoms with E-state index in [2.05, 4.69) is 4.90 Å². The first-order chi connectivity index (χ1) is 13.8. The lowest BCUT2D eigenvalue weighted by Crippen LogP contribution is -2.46. The number of nitro benzene ring substituents is 1. The molecule has 1 aliphatic rings. The van der Waals surface area contributed by atoms with E-state index in [1.807, 2.05) is 36.1 Å². The highest BCUT2D eigenvalue weighted by Gasteiger charge is 2.25. The van der Waals surface area contributed by atoms with Crippen LogP contribution >= 0.6 is 0 Å². The third-order valence-corrected chi connectivity index (χ3v) is 6.04. The average molecular weight is 420 g/mol. The first kappa shape index (κ1) is 21.1. The Morgan fingerprint density at radius 3 is 2.28 bits per heavy atom. The van der Waals surface area contributed by atoms with Gasteiger partial charge in [-0.3, -0.25) is 15.0 Å². The zero-order valence-corrected chi connectivity index (χ0v) is 17.4. The number of nitrogens with zero attached hydrogens (tertiary/aromatic N) is 3. The third-order valence-electron chi connectivity index (χ3n) is 4.93. The van der Waals surface area contributed by atoms with Crippen molar-refractivity contribution in [1.29, 1.82) is 0 Å². The fourth-order valence-corrected chi connectivity index (χ4v) is 4.05. The number of benzene rings is 2. The molecule has 1 fully saturated rings. The molecule has 0 saturated carbocycles. The van der Waals surface area contributed by atoms with Gasteiger partial charge in [0.15, 0.2) is 9.84 Å². The van der Waals surface area contributed by atoms with E-state index in [-0.39, 0.29) is 10.6 Å². The number of ether oxygens (including phenoxy) is 1. The summed E-state index contributed by atoms with van der Waals surface area (Å²) < 4.78 is 28.9. The van der Waals surface area contributed by atoms with Crippen molar-refractivity contribution in [2.45, 2.75) is 18.4 Å². The van der Waals surface area contributed by atoms with Crippen LogP contribution in [0.15, 0.2) is 47.4 Å². The van der Waals surface area contributed by atoms with Gasteiger partial charge in [0, 0.05) is 45.0 Å². The summed E-state index contributed by atoms with van der Waals surface area (Å²) in [4.78, 5) is 15.2. The minimum atomic E-state index is -3.50. The summed E-state index contributed by atoms with van der Waals surface area (Å²) in [6.45, 7) is 6.18. The Balaban J connectivity index is 1.66. The van der Waals surface area contributed by atoms with E-state index >= 15 is 0 Å². The molecule has 0 radical (unpaired) electrons. The van der Waals surface area contributed by atoms with Crippen LogP contribution in [0.5, 0.6) is 5.75 Å². The smallest absolute Gasteiger partial charge is 0.293 e. The molecule has 2 aromatic rings. The lowest BCUT2D eigenvalue weighted by atomic mass is 10.1. The molecule has 3 rings (SSSR count). The molecule has 2 aromatic carbocycles. The zero-order chi connectivity index (χ0) is 21.0. The van der Waals surface area contributed by atoms with Crippen LogP contribution < -0.4 is 9.64 Å². The normalized spacial score (nSPS) is 15.3. The predicted molar refractivity (Wildman–Crippen MR) is 111 cm³/mol. The van der Waals surface area contributed by atoms with Crippen molar-refractivity contribution in [3.05, 3.63) is 58.1 Å². The molecule has 9 heteroatoms. The standard InChI is InChI=1S/C20H25N3O5S/c1-3-28-17-6-4-16(5-7-17)15-21-10-12-22(13-11-21)19-9-8-18(29(2,26)27)14-20(19)23(24)25/h4-9,14H,3,10-13,15H2,1-2H3. The van der Waals surface area contributed by atoms with Crippen molar-refractivity contribution < 1.29 is 18.1 Å². The van der Waals surface area contributed by atoms with Crippen LogP contribution in [0.1, 0.15) is 12.5 Å². The molecule has 1 heterocycles. The van der Waals surface area contributed by atoms with Crippen LogP contribution in [-0.2, 0) is 16.4 Å². The van der Waals surface area contributed by atoms with Gasteiger partial charge in [-0.05, 0) is 36.8 Å². The van der Waals surface area contributed by atoms with Gasteiger partial charge in [0.25, 0.3) is 5.69 Å². The number of nitro groups is 1. The van der Waals surface area contributed by atoms with Crippen LogP contribution in [0.25, 0.3) is 0 Å². The lowest BCUT2D eigenvalue weighted by molar-refractivity contribution is -0.384. The van der Waals surface area contributed by atoms with Crippen LogP contribution in [0, 0.1) is 10.1 Å². The second-order valence-electron chi connectivity index (χ2n) is 7.02. The molecule has 8 nitrogen and oxygen atoms in total. The molecule has 0 spiro atoms. The number of anilines is 1. The van der Waals surface area contributed by atoms with Gasteiger partial charge < -0.3 is 9.64 Å². The van der Waals surface area contributed by atoms with Gasteiger partial charge >= 0.3 is 0 Å². The largest absolute Gasteiger partial charge is 0.494 e. The highest BCUT2D eigenvalue weighted by Crippen LogP contribution is 2.31. The van der Waals surface area contributed by atoms with Gasteiger partial charge in [-0.1, -0.05) is 12.1 Å². The highest BCUT2D eigenvalue weighted by molar-refractivity contribution is 7.90. The number of hydrogen-bond donors (Lipinski definition) is 0. The average Bonchev–Trinajstić information content (AvgIpc) is 2.69. The summed E-state index contributed by atoms with van der Waals surface area (Å²) in [7, 11) is -3.50. The maximum absolute atomic E-state index is 11.7. The molecule has 0 aliphatic carbocycles. The Hall–Kier alpha value is -2.65. The predicted octanol–water partition coefficient (Wildman–Crippen LogP) is 2.72. The number of rotatable bonds is 7. The fourth-order valence-electron chi connectivity index (χ4n) is 3.41. The summed E-state index contributed by atoms with van der Waals surface area (Å²) in [5, 5.41) is 11.5. The Morgan fingerprint density at radius 2 is 1.72 bits per heavy atom. The quantitative estimate of drug-likeness (QED) is 0.503. The molecule has 0 unspecified atom stereocenters. The van der Waals surface area contributed by atoms with Crippen molar-refractivity contribution in [2.24, 2.45) is 0 Å². The molecule has 0 aromatic heterocycles. The second-order valence-corrected chi connectivity index (χ2v) is 9.04. The van der Waals surface area contributed by atoms with Crippen molar-refractivity contribution in [3.8, 4) is 5.75 Å². The van der Waals surface area contributed by atoms with Gasteiger partial charge in [-0.15, -0.1) is 0 Å². The summed E-state index contributed by atoms with van der Waals surface area (Å²) in [6, 6.07) is 12.1. The van der Waals surface area contributed by atoms with Crippen molar-refractivity contribution >= 4 is 21.2 Å². The van der Waals surface area contributed by atoms with Gasteiger partial charge in [0.05, 0.1) is 16.4 Å². The Labute approximate surface area is 170 Å². The van der Waals surface area contributed by atoms with Gasteiger partial charge in [0.2, 0.25) is 0 Å². The monoisotopic (exact) mass is 419 g/mol. The molecule has 1 aliphatic heterocycles. The van der Waals surface area contributed by atoms with Gasteiger partial charge in [0.1, 0.15) is 11.4 Å². The van der Waals surface area contributed by atoms with Crippen LogP contribution in [-0.4, -0.2) is 57.3 Å². The van der Waals surface area contributed by atoms with Crippen LogP contribution in [0.2, 0.25) is 0 Å². The van der Waals surface area contributed by atoms with E-state index in [4.69, 9.17) is 4.74 Å². The molecule has 29 heavy (non-hydrogen) atoms. The Bertz CT molecular complexity index is 968. The first-order valence-corrected chi connectivity index (χ1v) is 11.3. The fraction of sp³-hybridized carbons (Fsp3) is 0.400. The number of hydrogen-bond acceptors (Lipinski definition) is 7. The summed E-state index contributed by atoms with van der Waals surface area (Å²) >= 11 is 0. The minimum Gasteiger partial charge on any atom is -0.494 e. The van der Waals surface area contributed by atoms with E-state index in [9.17, 15) is 18.5 Å². The molecule has 1 saturated heterocycles. The van der Waals surface area contributed by atoms with Crippen LogP contribution in [0.3, 0.4) is 0 Å². The lowest BCUT2D eigenvalue weighted by Gasteiger charge is -2.35. The van der Waals surface area contributed by atoms with Crippen molar-refractivity contribution in [3.63, 3.8) is 0 Å². The maximum atomic E-state index is 11.7. The maximum Gasteiger partial charge on any atom is 0.293 e. The topological polar surface area (TPSA) is 93.0 Å². The molecule has 0 bridgehead atoms. The molecular weight excluding hydrogens is 394 g/mol. The van der Waals surface area contributed by atoms with E-state index in [0.717, 1.165) is 37.7 Å². The molecular formula is C20H25N3O5S. The second kappa shape index (κ2) is 8.79. The third kappa shape index (κ3) is 5.24. The van der Waals surface area contributed by atoms with Crippen molar-refractivity contribution in [2.75, 3.05) is 43.9 Å². The molecule has 156 valence electrons. The summed E-state index contributed by atoms with van der Waals surface area (Å²) in [5.74, 6) is 0.853.